The van der Waals surface area contributed by atoms with Crippen molar-refractivity contribution in [2.24, 2.45) is 0 Å². The van der Waals surface area contributed by atoms with E-state index in [1.165, 1.54) is 24.3 Å². The Kier molecular flexibility index (Phi) is 4.43. The monoisotopic (exact) mass is 319 g/mol. The number of fused-ring (bicyclic) bond motifs is 1. The van der Waals surface area contributed by atoms with Crippen molar-refractivity contribution in [3.8, 4) is 0 Å². The van der Waals surface area contributed by atoms with E-state index < -0.39 is 17.3 Å². The maximum Gasteiger partial charge on any atom is 0.349 e. The van der Waals surface area contributed by atoms with Gasteiger partial charge in [0.15, 0.2) is 0 Å². The fraction of sp³-hybridized carbons (Fsp3) is 0.412. The van der Waals surface area contributed by atoms with Crippen molar-refractivity contribution in [1.82, 2.24) is 4.90 Å². The van der Waals surface area contributed by atoms with Crippen LogP contribution in [0, 0.1) is 5.82 Å². The minimum Gasteiger partial charge on any atom is -0.422 e. The summed E-state index contributed by atoms with van der Waals surface area (Å²) >= 11 is 0. The van der Waals surface area contributed by atoms with Crippen LogP contribution in [-0.2, 0) is 0 Å². The third-order valence-corrected chi connectivity index (χ3v) is 4.27. The molecule has 1 aliphatic rings. The SMILES string of the molecule is O=C(c1cc2cc(F)ccc2oc1=O)N1CCCC[C@H]1CCO. The van der Waals surface area contributed by atoms with Gasteiger partial charge >= 0.3 is 5.63 Å². The smallest absolute Gasteiger partial charge is 0.349 e. The fourth-order valence-electron chi connectivity index (χ4n) is 3.12. The molecule has 1 fully saturated rings. The standard InChI is InChI=1S/C17H18FNO4/c18-12-4-5-15-11(9-12)10-14(17(22)23-15)16(21)19-7-2-1-3-13(19)6-8-20/h4-5,9-10,13,20H,1-3,6-8H2/t13-/m0/s1. The maximum atomic E-state index is 13.3. The third kappa shape index (κ3) is 3.12. The van der Waals surface area contributed by atoms with Gasteiger partial charge < -0.3 is 14.4 Å². The molecule has 0 unspecified atom stereocenters. The van der Waals surface area contributed by atoms with Crippen LogP contribution in [0.15, 0.2) is 33.5 Å². The Hall–Kier alpha value is -2.21. The lowest BCUT2D eigenvalue weighted by molar-refractivity contribution is 0.0570. The van der Waals surface area contributed by atoms with Gasteiger partial charge in [-0.15, -0.1) is 0 Å². The lowest BCUT2D eigenvalue weighted by atomic mass is 9.98. The van der Waals surface area contributed by atoms with Gasteiger partial charge in [0, 0.05) is 24.6 Å². The molecule has 0 spiro atoms. The van der Waals surface area contributed by atoms with Crippen LogP contribution in [0.2, 0.25) is 0 Å². The zero-order chi connectivity index (χ0) is 16.4. The molecule has 6 heteroatoms. The highest BCUT2D eigenvalue weighted by molar-refractivity contribution is 5.96. The van der Waals surface area contributed by atoms with Gasteiger partial charge in [0.05, 0.1) is 0 Å². The van der Waals surface area contributed by atoms with E-state index in [2.05, 4.69) is 0 Å². The van der Waals surface area contributed by atoms with Gasteiger partial charge in [0.1, 0.15) is 17.0 Å². The molecule has 5 nitrogen and oxygen atoms in total. The second kappa shape index (κ2) is 6.50. The molecule has 0 bridgehead atoms. The van der Waals surface area contributed by atoms with Crippen LogP contribution in [0.3, 0.4) is 0 Å². The first-order chi connectivity index (χ1) is 11.1. The average molecular weight is 319 g/mol. The van der Waals surface area contributed by atoms with Gasteiger partial charge in [-0.2, -0.15) is 0 Å². The zero-order valence-corrected chi connectivity index (χ0v) is 12.6. The number of carbonyl (C=O) groups is 1. The molecule has 2 aromatic rings. The first-order valence-corrected chi connectivity index (χ1v) is 7.75. The number of piperidine rings is 1. The maximum absolute atomic E-state index is 13.3. The Bertz CT molecular complexity index is 784. The molecule has 122 valence electrons. The molecule has 1 amide bonds. The molecule has 2 heterocycles. The summed E-state index contributed by atoms with van der Waals surface area (Å²) in [4.78, 5) is 26.5. The predicted octanol–water partition coefficient (Wildman–Crippen LogP) is 2.31. The third-order valence-electron chi connectivity index (χ3n) is 4.27. The largest absolute Gasteiger partial charge is 0.422 e. The highest BCUT2D eigenvalue weighted by Gasteiger charge is 2.29. The minimum absolute atomic E-state index is 0.00795. The summed E-state index contributed by atoms with van der Waals surface area (Å²) in [5.41, 5.74) is -0.561. The summed E-state index contributed by atoms with van der Waals surface area (Å²) in [6, 6.07) is 5.11. The molecule has 3 rings (SSSR count). The predicted molar refractivity (Wildman–Crippen MR) is 82.8 cm³/mol. The van der Waals surface area contributed by atoms with Crippen LogP contribution in [0.5, 0.6) is 0 Å². The van der Waals surface area contributed by atoms with Crippen molar-refractivity contribution < 1.29 is 18.7 Å². The van der Waals surface area contributed by atoms with Gasteiger partial charge in [-0.1, -0.05) is 0 Å². The number of hydrogen-bond acceptors (Lipinski definition) is 4. The van der Waals surface area contributed by atoms with Crippen molar-refractivity contribution in [2.75, 3.05) is 13.2 Å². The van der Waals surface area contributed by atoms with Crippen LogP contribution in [0.25, 0.3) is 11.0 Å². The van der Waals surface area contributed by atoms with Gasteiger partial charge in [0.2, 0.25) is 0 Å². The van der Waals surface area contributed by atoms with Crippen LogP contribution in [0.1, 0.15) is 36.0 Å². The molecule has 0 radical (unpaired) electrons. The molecule has 1 aliphatic heterocycles. The van der Waals surface area contributed by atoms with E-state index in [4.69, 9.17) is 9.52 Å². The molecular weight excluding hydrogens is 301 g/mol. The first kappa shape index (κ1) is 15.7. The van der Waals surface area contributed by atoms with E-state index in [0.29, 0.717) is 18.4 Å². The molecule has 1 atom stereocenters. The topological polar surface area (TPSA) is 70.8 Å². The number of likely N-dealkylation sites (tertiary alicyclic amines) is 1. The summed E-state index contributed by atoms with van der Waals surface area (Å²) < 4.78 is 18.5. The summed E-state index contributed by atoms with van der Waals surface area (Å²) in [6.07, 6.45) is 3.15. The Balaban J connectivity index is 1.99. The van der Waals surface area contributed by atoms with E-state index in [1.54, 1.807) is 4.90 Å². The molecule has 1 aromatic carbocycles. The summed E-state index contributed by atoms with van der Waals surface area (Å²) in [5, 5.41) is 9.53. The zero-order valence-electron chi connectivity index (χ0n) is 12.6. The van der Waals surface area contributed by atoms with E-state index in [0.717, 1.165) is 19.3 Å². The van der Waals surface area contributed by atoms with Gasteiger partial charge in [-0.3, -0.25) is 4.79 Å². The lowest BCUT2D eigenvalue weighted by Gasteiger charge is -2.35. The quantitative estimate of drug-likeness (QED) is 0.881. The normalized spacial score (nSPS) is 18.3. The first-order valence-electron chi connectivity index (χ1n) is 7.75. The van der Waals surface area contributed by atoms with Crippen LogP contribution in [-0.4, -0.2) is 35.1 Å². The summed E-state index contributed by atoms with van der Waals surface area (Å²) in [7, 11) is 0. The second-order valence-corrected chi connectivity index (χ2v) is 5.79. The highest BCUT2D eigenvalue weighted by Crippen LogP contribution is 2.22. The van der Waals surface area contributed by atoms with Crippen molar-refractivity contribution >= 4 is 16.9 Å². The Morgan fingerprint density at radius 3 is 2.96 bits per heavy atom. The van der Waals surface area contributed by atoms with E-state index in [1.807, 2.05) is 0 Å². The molecular formula is C17H18FNO4. The molecule has 23 heavy (non-hydrogen) atoms. The molecule has 1 aromatic heterocycles. The minimum atomic E-state index is -0.720. The van der Waals surface area contributed by atoms with Crippen molar-refractivity contribution in [3.05, 3.63) is 46.1 Å². The van der Waals surface area contributed by atoms with Crippen LogP contribution in [0.4, 0.5) is 4.39 Å². The molecule has 1 saturated heterocycles. The van der Waals surface area contributed by atoms with Gasteiger partial charge in [-0.05, 0) is 49.9 Å². The summed E-state index contributed by atoms with van der Waals surface area (Å²) in [6.45, 7) is 0.538. The number of aliphatic hydroxyl groups excluding tert-OH is 1. The highest BCUT2D eigenvalue weighted by atomic mass is 19.1. The Morgan fingerprint density at radius 2 is 2.17 bits per heavy atom. The van der Waals surface area contributed by atoms with Crippen LogP contribution < -0.4 is 5.63 Å². The number of halogens is 1. The number of amides is 1. The molecule has 0 saturated carbocycles. The van der Waals surface area contributed by atoms with Gasteiger partial charge in [0.25, 0.3) is 5.91 Å². The second-order valence-electron chi connectivity index (χ2n) is 5.79. The molecule has 1 N–H and O–H groups in total. The number of aliphatic hydroxyl groups is 1. The van der Waals surface area contributed by atoms with Crippen LogP contribution >= 0.6 is 0 Å². The number of rotatable bonds is 3. The Morgan fingerprint density at radius 1 is 1.35 bits per heavy atom. The fourth-order valence-corrected chi connectivity index (χ4v) is 3.12. The average Bonchev–Trinajstić information content (AvgIpc) is 2.55. The van der Waals surface area contributed by atoms with Crippen molar-refractivity contribution in [1.29, 1.82) is 0 Å². The lowest BCUT2D eigenvalue weighted by Crippen LogP contribution is -2.45. The van der Waals surface area contributed by atoms with Gasteiger partial charge in [-0.25, -0.2) is 9.18 Å². The van der Waals surface area contributed by atoms with Crippen molar-refractivity contribution in [2.45, 2.75) is 31.7 Å². The number of hydrogen-bond donors (Lipinski definition) is 1. The number of carbonyl (C=O) groups excluding carboxylic acids is 1. The van der Waals surface area contributed by atoms with E-state index in [9.17, 15) is 14.0 Å². The number of nitrogens with zero attached hydrogens (tertiary/aromatic N) is 1. The Labute approximate surface area is 132 Å². The van der Waals surface area contributed by atoms with Crippen molar-refractivity contribution in [3.63, 3.8) is 0 Å². The molecule has 0 aliphatic carbocycles. The van der Waals surface area contributed by atoms with E-state index >= 15 is 0 Å². The van der Waals surface area contributed by atoms with E-state index in [-0.39, 0.29) is 23.8 Å². The number of benzene rings is 1. The summed E-state index contributed by atoms with van der Waals surface area (Å²) in [5.74, 6) is -0.871.